The Morgan fingerprint density at radius 1 is 0.773 bits per heavy atom. The Labute approximate surface area is 264 Å². The van der Waals surface area contributed by atoms with Gasteiger partial charge in [-0.1, -0.05) is 128 Å². The van der Waals surface area contributed by atoms with E-state index in [1.54, 1.807) is 0 Å². The van der Waals surface area contributed by atoms with Crippen molar-refractivity contribution in [3.63, 3.8) is 0 Å². The Hall–Kier alpha value is -4.66. The van der Waals surface area contributed by atoms with Crippen molar-refractivity contribution in [1.82, 2.24) is 0 Å². The summed E-state index contributed by atoms with van der Waals surface area (Å²) in [5.41, 5.74) is 9.33. The van der Waals surface area contributed by atoms with Crippen LogP contribution in [0.1, 0.15) is 54.5 Å². The summed E-state index contributed by atoms with van der Waals surface area (Å²) in [5, 5.41) is 7.58. The van der Waals surface area contributed by atoms with Gasteiger partial charge >= 0.3 is 0 Å². The predicted octanol–water partition coefficient (Wildman–Crippen LogP) is 12.5. The average molecular weight is 586 g/mol. The lowest BCUT2D eigenvalue weighted by molar-refractivity contribution is 1.00. The maximum atomic E-state index is 5.09. The topological polar surface area (TPSA) is 12.4 Å². The van der Waals surface area contributed by atoms with Crippen LogP contribution >= 0.6 is 11.8 Å². The number of rotatable bonds is 7. The van der Waals surface area contributed by atoms with E-state index in [1.807, 2.05) is 11.8 Å². The lowest BCUT2D eigenvalue weighted by atomic mass is 9.87. The van der Waals surface area contributed by atoms with Gasteiger partial charge < -0.3 is 0 Å². The minimum Gasteiger partial charge on any atom is -0.253 e. The van der Waals surface area contributed by atoms with E-state index in [9.17, 15) is 0 Å². The summed E-state index contributed by atoms with van der Waals surface area (Å²) in [6.07, 6.45) is 11.2. The first-order chi connectivity index (χ1) is 21.5. The highest BCUT2D eigenvalue weighted by Gasteiger charge is 2.19. The molecule has 6 aromatic rings. The van der Waals surface area contributed by atoms with Gasteiger partial charge in [0.25, 0.3) is 0 Å². The largest absolute Gasteiger partial charge is 0.253 e. The third-order valence-electron chi connectivity index (χ3n) is 8.75. The third kappa shape index (κ3) is 5.20. The summed E-state index contributed by atoms with van der Waals surface area (Å²) in [4.78, 5) is 7.60. The molecule has 0 bridgehead atoms. The summed E-state index contributed by atoms with van der Waals surface area (Å²) in [6.45, 7) is 11.1. The van der Waals surface area contributed by atoms with Gasteiger partial charge in [-0.05, 0) is 111 Å². The molecule has 0 aliphatic heterocycles. The molecule has 0 radical (unpaired) electrons. The van der Waals surface area contributed by atoms with Crippen molar-refractivity contribution >= 4 is 72.5 Å². The normalized spacial score (nSPS) is 14.1. The van der Waals surface area contributed by atoms with Gasteiger partial charge in [0.05, 0.1) is 5.69 Å². The molecule has 2 heteroatoms. The zero-order valence-corrected chi connectivity index (χ0v) is 26.3. The van der Waals surface area contributed by atoms with Gasteiger partial charge in [0.15, 0.2) is 0 Å². The van der Waals surface area contributed by atoms with E-state index in [4.69, 9.17) is 4.99 Å². The quantitative estimate of drug-likeness (QED) is 0.103. The average Bonchev–Trinajstić information content (AvgIpc) is 3.05. The molecule has 0 atom stereocenters. The monoisotopic (exact) mass is 585 g/mol. The van der Waals surface area contributed by atoms with Crippen molar-refractivity contribution in [3.05, 3.63) is 154 Å². The zero-order valence-electron chi connectivity index (χ0n) is 25.5. The number of thioether (sulfide) groups is 1. The molecule has 1 aliphatic carbocycles. The van der Waals surface area contributed by atoms with Crippen LogP contribution in [-0.4, -0.2) is 5.71 Å². The molecule has 44 heavy (non-hydrogen) atoms. The van der Waals surface area contributed by atoms with Gasteiger partial charge in [0, 0.05) is 16.2 Å². The number of aryl methyl sites for hydroxylation is 1. The molecule has 0 amide bonds. The number of aliphatic imine (C=N–C) groups is 1. The molecule has 1 nitrogen and oxygen atoms in total. The van der Waals surface area contributed by atoms with Crippen LogP contribution < -0.4 is 0 Å². The zero-order chi connectivity index (χ0) is 30.2. The first kappa shape index (κ1) is 28.1. The number of benzene rings is 6. The molecule has 0 aromatic heterocycles. The highest BCUT2D eigenvalue weighted by Crippen LogP contribution is 2.45. The van der Waals surface area contributed by atoms with Crippen molar-refractivity contribution in [2.75, 3.05) is 0 Å². The van der Waals surface area contributed by atoms with Crippen LogP contribution in [0, 0.1) is 6.92 Å². The molecule has 0 heterocycles. The molecular weight excluding hydrogens is 551 g/mol. The van der Waals surface area contributed by atoms with Crippen molar-refractivity contribution in [2.45, 2.75) is 33.6 Å². The van der Waals surface area contributed by atoms with Gasteiger partial charge in [-0.3, -0.25) is 4.99 Å². The van der Waals surface area contributed by atoms with Crippen LogP contribution in [0.5, 0.6) is 0 Å². The van der Waals surface area contributed by atoms with Crippen LogP contribution in [-0.2, 0) is 0 Å². The Bertz CT molecular complexity index is 2180. The number of hydrogen-bond acceptors (Lipinski definition) is 2. The minimum atomic E-state index is 1.02. The molecule has 0 saturated carbocycles. The predicted molar refractivity (Wildman–Crippen MR) is 196 cm³/mol. The Morgan fingerprint density at radius 2 is 1.50 bits per heavy atom. The molecule has 0 saturated heterocycles. The van der Waals surface area contributed by atoms with Crippen LogP contribution in [0.25, 0.3) is 49.4 Å². The SMILES string of the molecule is C=C(SC1=C(C)C=CCC1)c1cc(/C=C/c2ccccc2)c2ccc3c(C(C)=Nc4ccccc4C)ccc4ccc1c2c43. The van der Waals surface area contributed by atoms with E-state index >= 15 is 0 Å². The van der Waals surface area contributed by atoms with Crippen molar-refractivity contribution in [1.29, 1.82) is 0 Å². The number of nitrogens with zero attached hydrogens (tertiary/aromatic N) is 1. The summed E-state index contributed by atoms with van der Waals surface area (Å²) < 4.78 is 0. The first-order valence-electron chi connectivity index (χ1n) is 15.3. The molecule has 0 unspecified atom stereocenters. The second kappa shape index (κ2) is 11.8. The number of allylic oxidation sites excluding steroid dienone is 4. The van der Waals surface area contributed by atoms with Crippen LogP contribution in [0.3, 0.4) is 0 Å². The van der Waals surface area contributed by atoms with Crippen LogP contribution in [0.2, 0.25) is 0 Å². The summed E-state index contributed by atoms with van der Waals surface area (Å²) >= 11 is 1.84. The van der Waals surface area contributed by atoms with Gasteiger partial charge in [0.1, 0.15) is 0 Å². The maximum absolute atomic E-state index is 5.09. The van der Waals surface area contributed by atoms with Crippen molar-refractivity contribution < 1.29 is 0 Å². The van der Waals surface area contributed by atoms with E-state index in [2.05, 4.69) is 149 Å². The van der Waals surface area contributed by atoms with E-state index < -0.39 is 0 Å². The molecule has 0 fully saturated rings. The van der Waals surface area contributed by atoms with Crippen molar-refractivity contribution in [3.8, 4) is 0 Å². The number of hydrogen-bond donors (Lipinski definition) is 0. The molecule has 1 aliphatic rings. The maximum Gasteiger partial charge on any atom is 0.0662 e. The van der Waals surface area contributed by atoms with Gasteiger partial charge in [0.2, 0.25) is 0 Å². The first-order valence-corrected chi connectivity index (χ1v) is 16.1. The smallest absolute Gasteiger partial charge is 0.0662 e. The van der Waals surface area contributed by atoms with Gasteiger partial charge in [-0.15, -0.1) is 0 Å². The van der Waals surface area contributed by atoms with E-state index in [0.717, 1.165) is 29.1 Å². The molecule has 6 aromatic carbocycles. The van der Waals surface area contributed by atoms with Gasteiger partial charge in [-0.2, -0.15) is 0 Å². The fourth-order valence-electron chi connectivity index (χ4n) is 6.39. The third-order valence-corrected chi connectivity index (χ3v) is 9.99. The van der Waals surface area contributed by atoms with E-state index in [-0.39, 0.29) is 0 Å². The second-order valence-corrected chi connectivity index (χ2v) is 12.9. The molecule has 0 N–H and O–H groups in total. The van der Waals surface area contributed by atoms with E-state index in [0.29, 0.717) is 0 Å². The summed E-state index contributed by atoms with van der Waals surface area (Å²) in [5.74, 6) is 0. The van der Waals surface area contributed by atoms with Crippen LogP contribution in [0.15, 0.2) is 131 Å². The standard InChI is InChI=1S/C42H35NS/c1-27-12-8-10-16-39(27)43-29(3)34-22-20-32-21-23-37-38(30(4)44-40-17-11-9-13-28(40)2)26-33(19-18-31-14-6-5-7-15-31)35-24-25-36(34)41(32)42(35)37/h5-10,12-16,18-26H,4,11,17H2,1-3H3/b19-18+,43-29?. The molecule has 214 valence electrons. The van der Waals surface area contributed by atoms with E-state index in [1.165, 1.54) is 70.6 Å². The lowest BCUT2D eigenvalue weighted by Gasteiger charge is -2.20. The Kier molecular flexibility index (Phi) is 7.54. The van der Waals surface area contributed by atoms with Crippen LogP contribution in [0.4, 0.5) is 5.69 Å². The molecule has 0 spiro atoms. The fraction of sp³-hybridized carbons (Fsp3) is 0.119. The van der Waals surface area contributed by atoms with Crippen molar-refractivity contribution in [2.24, 2.45) is 4.99 Å². The lowest BCUT2D eigenvalue weighted by Crippen LogP contribution is -1.98. The fourth-order valence-corrected chi connectivity index (χ4v) is 7.41. The Morgan fingerprint density at radius 3 is 2.32 bits per heavy atom. The molecular formula is C42H35NS. The minimum absolute atomic E-state index is 1.02. The highest BCUT2D eigenvalue weighted by molar-refractivity contribution is 8.11. The number of para-hydroxylation sites is 1. The summed E-state index contributed by atoms with van der Waals surface area (Å²) in [7, 11) is 0. The highest BCUT2D eigenvalue weighted by atomic mass is 32.2. The Balaban J connectivity index is 1.46. The summed E-state index contributed by atoms with van der Waals surface area (Å²) in [6, 6.07) is 34.9. The second-order valence-electron chi connectivity index (χ2n) is 11.7. The van der Waals surface area contributed by atoms with Gasteiger partial charge in [-0.25, -0.2) is 0 Å². The molecule has 7 rings (SSSR count).